The standard InChI is InChI=1S/C16H18FN3OS2/c17-12-1-3-13(4-2-12)19-11-14-5-6-15(21)20(14)8-10-23-16-18-7-9-22-16/h1-4,7,9,14,19H,5-6,8,10-11H2/t14-/m1/s1. The molecule has 1 saturated heterocycles. The lowest BCUT2D eigenvalue weighted by molar-refractivity contribution is -0.128. The van der Waals surface area contributed by atoms with Gasteiger partial charge in [0.15, 0.2) is 0 Å². The molecule has 0 radical (unpaired) electrons. The highest BCUT2D eigenvalue weighted by Gasteiger charge is 2.30. The number of nitrogens with one attached hydrogen (secondary N) is 1. The average Bonchev–Trinajstić information content (AvgIpc) is 3.18. The number of carbonyl (C=O) groups is 1. The van der Waals surface area contributed by atoms with Gasteiger partial charge in [-0.05, 0) is 30.7 Å². The second kappa shape index (κ2) is 7.79. The fourth-order valence-electron chi connectivity index (χ4n) is 2.63. The van der Waals surface area contributed by atoms with Crippen LogP contribution in [0.15, 0.2) is 40.2 Å². The largest absolute Gasteiger partial charge is 0.383 e. The smallest absolute Gasteiger partial charge is 0.222 e. The number of rotatable bonds is 7. The molecule has 7 heteroatoms. The molecule has 0 unspecified atom stereocenters. The van der Waals surface area contributed by atoms with Gasteiger partial charge in [0, 0.05) is 48.6 Å². The van der Waals surface area contributed by atoms with Crippen molar-refractivity contribution < 1.29 is 9.18 Å². The van der Waals surface area contributed by atoms with Crippen molar-refractivity contribution in [2.24, 2.45) is 0 Å². The molecule has 1 fully saturated rings. The van der Waals surface area contributed by atoms with Gasteiger partial charge in [-0.1, -0.05) is 11.8 Å². The molecule has 2 heterocycles. The summed E-state index contributed by atoms with van der Waals surface area (Å²) in [6, 6.07) is 6.50. The van der Waals surface area contributed by atoms with Crippen molar-refractivity contribution in [3.8, 4) is 0 Å². The van der Waals surface area contributed by atoms with Crippen LogP contribution in [0.2, 0.25) is 0 Å². The van der Waals surface area contributed by atoms with Crippen LogP contribution >= 0.6 is 23.1 Å². The number of thioether (sulfide) groups is 1. The first-order valence-corrected chi connectivity index (χ1v) is 9.40. The molecule has 4 nitrogen and oxygen atoms in total. The minimum absolute atomic E-state index is 0.199. The monoisotopic (exact) mass is 351 g/mol. The fourth-order valence-corrected chi connectivity index (χ4v) is 4.28. The second-order valence-corrected chi connectivity index (χ2v) is 7.55. The number of thiazole rings is 1. The molecule has 1 aliphatic heterocycles. The predicted octanol–water partition coefficient (Wildman–Crippen LogP) is 3.48. The maximum Gasteiger partial charge on any atom is 0.222 e. The number of carbonyl (C=O) groups excluding carboxylic acids is 1. The lowest BCUT2D eigenvalue weighted by atomic mass is 10.2. The number of benzene rings is 1. The fraction of sp³-hybridized carbons (Fsp3) is 0.375. The zero-order valence-corrected chi connectivity index (χ0v) is 14.2. The van der Waals surface area contributed by atoms with E-state index in [2.05, 4.69) is 10.3 Å². The SMILES string of the molecule is O=C1CC[C@H](CNc2ccc(F)cc2)N1CCSc1nccs1. The minimum atomic E-state index is -0.243. The van der Waals surface area contributed by atoms with Crippen molar-refractivity contribution in [1.29, 1.82) is 0 Å². The molecule has 1 aromatic heterocycles. The Balaban J connectivity index is 1.49. The number of anilines is 1. The quantitative estimate of drug-likeness (QED) is 0.776. The van der Waals surface area contributed by atoms with Crippen molar-refractivity contribution in [3.63, 3.8) is 0 Å². The van der Waals surface area contributed by atoms with Crippen molar-refractivity contribution in [2.75, 3.05) is 24.2 Å². The molecule has 2 aromatic rings. The first-order chi connectivity index (χ1) is 11.2. The van der Waals surface area contributed by atoms with Crippen molar-refractivity contribution in [3.05, 3.63) is 41.7 Å². The third-order valence-corrected chi connectivity index (χ3v) is 5.75. The van der Waals surface area contributed by atoms with E-state index >= 15 is 0 Å². The van der Waals surface area contributed by atoms with E-state index in [0.717, 1.165) is 28.7 Å². The summed E-state index contributed by atoms with van der Waals surface area (Å²) in [6.07, 6.45) is 3.27. The summed E-state index contributed by atoms with van der Waals surface area (Å²) in [7, 11) is 0. The molecule has 1 amide bonds. The highest BCUT2D eigenvalue weighted by Crippen LogP contribution is 2.23. The molecule has 1 aliphatic rings. The number of amides is 1. The maximum atomic E-state index is 12.9. The summed E-state index contributed by atoms with van der Waals surface area (Å²) in [5.74, 6) is 0.829. The van der Waals surface area contributed by atoms with Crippen LogP contribution in [0.4, 0.5) is 10.1 Å². The van der Waals surface area contributed by atoms with Gasteiger partial charge < -0.3 is 10.2 Å². The summed E-state index contributed by atoms with van der Waals surface area (Å²) in [4.78, 5) is 18.3. The Morgan fingerprint density at radius 3 is 2.96 bits per heavy atom. The molecule has 23 heavy (non-hydrogen) atoms. The summed E-state index contributed by atoms with van der Waals surface area (Å²) < 4.78 is 13.9. The van der Waals surface area contributed by atoms with Crippen LogP contribution < -0.4 is 5.32 Å². The second-order valence-electron chi connectivity index (χ2n) is 5.31. The van der Waals surface area contributed by atoms with E-state index in [1.807, 2.05) is 10.3 Å². The van der Waals surface area contributed by atoms with Gasteiger partial charge in [-0.2, -0.15) is 0 Å². The van der Waals surface area contributed by atoms with Gasteiger partial charge in [-0.15, -0.1) is 11.3 Å². The number of likely N-dealkylation sites (tertiary alicyclic amines) is 1. The number of hydrogen-bond donors (Lipinski definition) is 1. The van der Waals surface area contributed by atoms with E-state index in [1.54, 1.807) is 41.4 Å². The van der Waals surface area contributed by atoms with E-state index in [9.17, 15) is 9.18 Å². The van der Waals surface area contributed by atoms with Gasteiger partial charge in [-0.3, -0.25) is 4.79 Å². The highest BCUT2D eigenvalue weighted by atomic mass is 32.2. The van der Waals surface area contributed by atoms with Crippen LogP contribution in [0.1, 0.15) is 12.8 Å². The highest BCUT2D eigenvalue weighted by molar-refractivity contribution is 8.01. The molecule has 3 rings (SSSR count). The summed E-state index contributed by atoms with van der Waals surface area (Å²) in [5.41, 5.74) is 0.878. The Labute approximate surface area is 143 Å². The number of halogens is 1. The predicted molar refractivity (Wildman–Crippen MR) is 92.5 cm³/mol. The van der Waals surface area contributed by atoms with Gasteiger partial charge in [-0.25, -0.2) is 9.37 Å². The normalized spacial score (nSPS) is 17.7. The molecule has 1 N–H and O–H groups in total. The van der Waals surface area contributed by atoms with E-state index in [4.69, 9.17) is 0 Å². The van der Waals surface area contributed by atoms with E-state index in [-0.39, 0.29) is 17.8 Å². The van der Waals surface area contributed by atoms with Crippen LogP contribution in [0.25, 0.3) is 0 Å². The molecule has 0 spiro atoms. The molecule has 0 aliphatic carbocycles. The Morgan fingerprint density at radius 1 is 1.39 bits per heavy atom. The Morgan fingerprint density at radius 2 is 2.22 bits per heavy atom. The maximum absolute atomic E-state index is 12.9. The van der Waals surface area contributed by atoms with E-state index in [1.165, 1.54) is 12.1 Å². The summed E-state index contributed by atoms with van der Waals surface area (Å²) in [5, 5.41) is 5.25. The molecular weight excluding hydrogens is 333 g/mol. The van der Waals surface area contributed by atoms with Crippen molar-refractivity contribution >= 4 is 34.7 Å². The number of aromatic nitrogens is 1. The van der Waals surface area contributed by atoms with Crippen LogP contribution in [-0.2, 0) is 4.79 Å². The van der Waals surface area contributed by atoms with Crippen LogP contribution in [0, 0.1) is 5.82 Å². The average molecular weight is 351 g/mol. The lowest BCUT2D eigenvalue weighted by Gasteiger charge is -2.25. The zero-order chi connectivity index (χ0) is 16.1. The third-order valence-electron chi connectivity index (χ3n) is 3.81. The molecule has 0 saturated carbocycles. The minimum Gasteiger partial charge on any atom is -0.383 e. The first-order valence-electron chi connectivity index (χ1n) is 7.53. The number of hydrogen-bond acceptors (Lipinski definition) is 5. The molecular formula is C16H18FN3OS2. The molecule has 1 aromatic carbocycles. The topological polar surface area (TPSA) is 45.2 Å². The van der Waals surface area contributed by atoms with E-state index in [0.29, 0.717) is 13.0 Å². The van der Waals surface area contributed by atoms with E-state index < -0.39 is 0 Å². The number of nitrogens with zero attached hydrogens (tertiary/aromatic N) is 2. The van der Waals surface area contributed by atoms with Gasteiger partial charge in [0.05, 0.1) is 0 Å². The van der Waals surface area contributed by atoms with Crippen LogP contribution in [-0.4, -0.2) is 40.7 Å². The van der Waals surface area contributed by atoms with Crippen molar-refractivity contribution in [1.82, 2.24) is 9.88 Å². The zero-order valence-electron chi connectivity index (χ0n) is 12.6. The van der Waals surface area contributed by atoms with Crippen LogP contribution in [0.5, 0.6) is 0 Å². The Kier molecular flexibility index (Phi) is 5.51. The van der Waals surface area contributed by atoms with Crippen molar-refractivity contribution in [2.45, 2.75) is 23.2 Å². The summed E-state index contributed by atoms with van der Waals surface area (Å²) >= 11 is 3.31. The Bertz CT molecular complexity index is 633. The van der Waals surface area contributed by atoms with Gasteiger partial charge in [0.2, 0.25) is 5.91 Å². The first kappa shape index (κ1) is 16.3. The molecule has 1 atom stereocenters. The molecule has 0 bridgehead atoms. The van der Waals surface area contributed by atoms with Gasteiger partial charge in [0.1, 0.15) is 10.2 Å². The lowest BCUT2D eigenvalue weighted by Crippen LogP contribution is -2.39. The van der Waals surface area contributed by atoms with Gasteiger partial charge >= 0.3 is 0 Å². The van der Waals surface area contributed by atoms with Gasteiger partial charge in [0.25, 0.3) is 0 Å². The van der Waals surface area contributed by atoms with Crippen LogP contribution in [0.3, 0.4) is 0 Å². The third kappa shape index (κ3) is 4.45. The summed E-state index contributed by atoms with van der Waals surface area (Å²) in [6.45, 7) is 1.43. The molecule has 122 valence electrons. The Hall–Kier alpha value is -1.60.